The zero-order valence-electron chi connectivity index (χ0n) is 10.9. The summed E-state index contributed by atoms with van der Waals surface area (Å²) in [5.41, 5.74) is 6.82. The lowest BCUT2D eigenvalue weighted by molar-refractivity contribution is 0.567. The number of rotatable bonds is 4. The van der Waals surface area contributed by atoms with Gasteiger partial charge in [0.05, 0.1) is 5.69 Å². The summed E-state index contributed by atoms with van der Waals surface area (Å²) >= 11 is 3.42. The van der Waals surface area contributed by atoms with Crippen LogP contribution in [0.2, 0.25) is 0 Å². The van der Waals surface area contributed by atoms with Crippen LogP contribution in [-0.2, 0) is 10.0 Å². The Bertz CT molecular complexity index is 717. The molecule has 0 saturated carbocycles. The van der Waals surface area contributed by atoms with Gasteiger partial charge in [0.15, 0.2) is 0 Å². The fraction of sp³-hybridized carbons (Fsp3) is 0.143. The third-order valence-electron chi connectivity index (χ3n) is 2.91. The molecule has 20 heavy (non-hydrogen) atoms. The Balaban J connectivity index is 2.30. The summed E-state index contributed by atoms with van der Waals surface area (Å²) in [7, 11) is -3.65. The second-order valence-corrected chi connectivity index (χ2v) is 6.94. The van der Waals surface area contributed by atoms with E-state index in [1.165, 1.54) is 6.07 Å². The van der Waals surface area contributed by atoms with Crippen molar-refractivity contribution in [2.75, 3.05) is 5.73 Å². The molecule has 0 fully saturated rings. The number of nitrogens with two attached hydrogens (primary N) is 1. The number of halogens is 1. The number of para-hydroxylation sites is 1. The summed E-state index contributed by atoms with van der Waals surface area (Å²) in [6.07, 6.45) is 0. The van der Waals surface area contributed by atoms with Crippen LogP contribution < -0.4 is 10.5 Å². The Labute approximate surface area is 127 Å². The summed E-state index contributed by atoms with van der Waals surface area (Å²) in [6, 6.07) is 13.5. The Morgan fingerprint density at radius 3 is 2.35 bits per heavy atom. The van der Waals surface area contributed by atoms with E-state index in [1.54, 1.807) is 25.1 Å². The maximum atomic E-state index is 12.3. The monoisotopic (exact) mass is 354 g/mol. The maximum Gasteiger partial charge on any atom is 0.243 e. The van der Waals surface area contributed by atoms with Crippen molar-refractivity contribution in [1.82, 2.24) is 4.72 Å². The van der Waals surface area contributed by atoms with Gasteiger partial charge in [-0.1, -0.05) is 46.3 Å². The van der Waals surface area contributed by atoms with E-state index in [2.05, 4.69) is 20.7 Å². The zero-order valence-corrected chi connectivity index (χ0v) is 13.3. The van der Waals surface area contributed by atoms with E-state index < -0.39 is 10.0 Å². The second kappa shape index (κ2) is 5.95. The molecule has 0 aliphatic carbocycles. The summed E-state index contributed by atoms with van der Waals surface area (Å²) in [6.45, 7) is 1.79. The molecule has 2 aromatic rings. The molecule has 0 saturated heterocycles. The average Bonchev–Trinajstić information content (AvgIpc) is 2.38. The van der Waals surface area contributed by atoms with E-state index >= 15 is 0 Å². The number of anilines is 1. The first-order chi connectivity index (χ1) is 9.42. The highest BCUT2D eigenvalue weighted by molar-refractivity contribution is 9.10. The predicted molar refractivity (Wildman–Crippen MR) is 83.7 cm³/mol. The molecular weight excluding hydrogens is 340 g/mol. The Morgan fingerprint density at radius 1 is 1.10 bits per heavy atom. The van der Waals surface area contributed by atoms with E-state index in [1.807, 2.05) is 24.3 Å². The molecule has 4 nitrogen and oxygen atoms in total. The summed E-state index contributed by atoms with van der Waals surface area (Å²) in [4.78, 5) is 0.0962. The summed E-state index contributed by atoms with van der Waals surface area (Å²) in [5.74, 6) is 0. The third kappa shape index (κ3) is 3.20. The molecule has 2 aromatic carbocycles. The zero-order chi connectivity index (χ0) is 14.8. The Morgan fingerprint density at radius 2 is 1.70 bits per heavy atom. The molecule has 0 radical (unpaired) electrons. The van der Waals surface area contributed by atoms with Crippen LogP contribution in [0, 0.1) is 0 Å². The second-order valence-electron chi connectivity index (χ2n) is 4.40. The van der Waals surface area contributed by atoms with Gasteiger partial charge in [0.1, 0.15) is 4.90 Å². The molecule has 106 valence electrons. The first-order valence-corrected chi connectivity index (χ1v) is 8.30. The van der Waals surface area contributed by atoms with Gasteiger partial charge in [-0.2, -0.15) is 0 Å². The highest BCUT2D eigenvalue weighted by Crippen LogP contribution is 2.25. The van der Waals surface area contributed by atoms with Crippen LogP contribution in [0.5, 0.6) is 0 Å². The maximum absolute atomic E-state index is 12.3. The van der Waals surface area contributed by atoms with Gasteiger partial charge in [0.25, 0.3) is 0 Å². The number of sulfonamides is 1. The van der Waals surface area contributed by atoms with E-state index in [4.69, 9.17) is 5.73 Å². The molecular formula is C14H15BrN2O2S. The Hall–Kier alpha value is -1.37. The molecule has 0 aliphatic heterocycles. The minimum absolute atomic E-state index is 0.0962. The predicted octanol–water partition coefficient (Wildman–Crippen LogP) is 3.07. The molecule has 0 heterocycles. The molecule has 2 rings (SSSR count). The summed E-state index contributed by atoms with van der Waals surface area (Å²) < 4.78 is 28.2. The fourth-order valence-corrected chi connectivity index (χ4v) is 3.89. The van der Waals surface area contributed by atoms with Crippen molar-refractivity contribution in [1.29, 1.82) is 0 Å². The first-order valence-electron chi connectivity index (χ1n) is 6.03. The smallest absolute Gasteiger partial charge is 0.243 e. The highest BCUT2D eigenvalue weighted by Gasteiger charge is 2.21. The van der Waals surface area contributed by atoms with Gasteiger partial charge in [-0.15, -0.1) is 0 Å². The number of nitrogens with one attached hydrogen (secondary N) is 1. The van der Waals surface area contributed by atoms with Gasteiger partial charge in [0, 0.05) is 10.5 Å². The largest absolute Gasteiger partial charge is 0.398 e. The van der Waals surface area contributed by atoms with Crippen LogP contribution in [0.25, 0.3) is 0 Å². The van der Waals surface area contributed by atoms with Crippen molar-refractivity contribution in [3.8, 4) is 0 Å². The van der Waals surface area contributed by atoms with Gasteiger partial charge in [0.2, 0.25) is 10.0 Å². The van der Waals surface area contributed by atoms with Crippen molar-refractivity contribution in [3.63, 3.8) is 0 Å². The lowest BCUT2D eigenvalue weighted by atomic mass is 10.1. The number of nitrogen functional groups attached to an aromatic ring is 1. The van der Waals surface area contributed by atoms with Crippen molar-refractivity contribution < 1.29 is 8.42 Å². The minimum atomic E-state index is -3.65. The molecule has 1 atom stereocenters. The van der Waals surface area contributed by atoms with E-state index in [-0.39, 0.29) is 16.6 Å². The number of hydrogen-bond acceptors (Lipinski definition) is 3. The average molecular weight is 355 g/mol. The van der Waals surface area contributed by atoms with Crippen LogP contribution in [-0.4, -0.2) is 8.42 Å². The molecule has 1 unspecified atom stereocenters. The molecule has 0 amide bonds. The van der Waals surface area contributed by atoms with Gasteiger partial charge in [-0.3, -0.25) is 0 Å². The van der Waals surface area contributed by atoms with Gasteiger partial charge < -0.3 is 5.73 Å². The standard InChI is InChI=1S/C14H15BrN2O2S/c1-10(11-6-2-3-7-12(11)15)17-20(18,19)14-9-5-4-8-13(14)16/h2-10,17H,16H2,1H3. The lowest BCUT2D eigenvalue weighted by Gasteiger charge is -2.16. The van der Waals surface area contributed by atoms with Crippen LogP contribution >= 0.6 is 15.9 Å². The Kier molecular flexibility index (Phi) is 4.47. The quantitative estimate of drug-likeness (QED) is 0.828. The van der Waals surface area contributed by atoms with Crippen molar-refractivity contribution in [2.45, 2.75) is 17.9 Å². The minimum Gasteiger partial charge on any atom is -0.398 e. The SMILES string of the molecule is CC(NS(=O)(=O)c1ccccc1N)c1ccccc1Br. The van der Waals surface area contributed by atoms with Crippen LogP contribution in [0.4, 0.5) is 5.69 Å². The van der Waals surface area contributed by atoms with Gasteiger partial charge >= 0.3 is 0 Å². The first kappa shape index (κ1) is 15.0. The van der Waals surface area contributed by atoms with Gasteiger partial charge in [-0.05, 0) is 30.7 Å². The topological polar surface area (TPSA) is 72.2 Å². The molecule has 3 N–H and O–H groups in total. The van der Waals surface area contributed by atoms with Crippen molar-refractivity contribution >= 4 is 31.6 Å². The molecule has 0 aliphatic rings. The number of hydrogen-bond donors (Lipinski definition) is 2. The summed E-state index contributed by atoms with van der Waals surface area (Å²) in [5, 5.41) is 0. The van der Waals surface area contributed by atoms with E-state index in [0.29, 0.717) is 0 Å². The highest BCUT2D eigenvalue weighted by atomic mass is 79.9. The molecule has 0 aromatic heterocycles. The van der Waals surface area contributed by atoms with Crippen molar-refractivity contribution in [3.05, 3.63) is 58.6 Å². The van der Waals surface area contributed by atoms with Gasteiger partial charge in [-0.25, -0.2) is 13.1 Å². The van der Waals surface area contributed by atoms with E-state index in [9.17, 15) is 8.42 Å². The third-order valence-corrected chi connectivity index (χ3v) is 5.25. The molecule has 0 spiro atoms. The molecule has 0 bridgehead atoms. The lowest BCUT2D eigenvalue weighted by Crippen LogP contribution is -2.27. The van der Waals surface area contributed by atoms with Crippen LogP contribution in [0.1, 0.15) is 18.5 Å². The fourth-order valence-electron chi connectivity index (χ4n) is 1.91. The van der Waals surface area contributed by atoms with E-state index in [0.717, 1.165) is 10.0 Å². The molecule has 6 heteroatoms. The number of benzene rings is 2. The normalized spacial score (nSPS) is 13.1. The van der Waals surface area contributed by atoms with Crippen LogP contribution in [0.3, 0.4) is 0 Å². The van der Waals surface area contributed by atoms with Crippen molar-refractivity contribution in [2.24, 2.45) is 0 Å². The van der Waals surface area contributed by atoms with Crippen LogP contribution in [0.15, 0.2) is 57.9 Å².